The topological polar surface area (TPSA) is 128 Å². The molecule has 9 nitrogen and oxygen atoms in total. The van der Waals surface area contributed by atoms with Crippen molar-refractivity contribution in [1.29, 1.82) is 0 Å². The van der Waals surface area contributed by atoms with Crippen LogP contribution in [-0.4, -0.2) is 20.7 Å². The number of nitro groups is 2. The number of carbonyl (C=O) groups excluding carboxylic acids is 1. The fraction of sp³-hybridized carbons (Fsp3) is 0. The van der Waals surface area contributed by atoms with Crippen molar-refractivity contribution in [3.8, 4) is 21.0 Å². The van der Waals surface area contributed by atoms with Gasteiger partial charge in [-0.25, -0.2) is 4.98 Å². The second kappa shape index (κ2) is 8.42. The predicted molar refractivity (Wildman–Crippen MR) is 119 cm³/mol. The van der Waals surface area contributed by atoms with Gasteiger partial charge in [0.25, 0.3) is 17.3 Å². The lowest BCUT2D eigenvalue weighted by molar-refractivity contribution is -0.394. The molecule has 0 atom stereocenters. The monoisotopic (exact) mass is 452 g/mol. The Hall–Kier alpha value is -3.96. The first kappa shape index (κ1) is 20.3. The summed E-state index contributed by atoms with van der Waals surface area (Å²) in [5.74, 6) is -0.724. The number of nitro benzene ring substituents is 2. The van der Waals surface area contributed by atoms with Gasteiger partial charge in [-0.15, -0.1) is 11.3 Å². The Morgan fingerprint density at radius 2 is 1.61 bits per heavy atom. The minimum Gasteiger partial charge on any atom is -0.298 e. The first-order valence-corrected chi connectivity index (χ1v) is 10.5. The van der Waals surface area contributed by atoms with Crippen LogP contribution in [-0.2, 0) is 0 Å². The molecule has 2 aromatic heterocycles. The molecule has 0 spiro atoms. The average Bonchev–Trinajstić information content (AvgIpc) is 3.44. The van der Waals surface area contributed by atoms with Crippen LogP contribution in [0.15, 0.2) is 66.0 Å². The van der Waals surface area contributed by atoms with E-state index in [0.29, 0.717) is 5.69 Å². The minimum atomic E-state index is -0.782. The number of nitrogens with zero attached hydrogens (tertiary/aromatic N) is 3. The Morgan fingerprint density at radius 3 is 2.19 bits per heavy atom. The average molecular weight is 452 g/mol. The number of thiophene rings is 1. The van der Waals surface area contributed by atoms with Crippen molar-refractivity contribution in [2.75, 3.05) is 5.32 Å². The highest BCUT2D eigenvalue weighted by molar-refractivity contribution is 7.20. The summed E-state index contributed by atoms with van der Waals surface area (Å²) in [6, 6.07) is 16.2. The highest BCUT2D eigenvalue weighted by atomic mass is 32.1. The summed E-state index contributed by atoms with van der Waals surface area (Å²) >= 11 is 2.76. The van der Waals surface area contributed by atoms with Gasteiger partial charge in [-0.2, -0.15) is 0 Å². The largest absolute Gasteiger partial charge is 0.298 e. The fourth-order valence-electron chi connectivity index (χ4n) is 2.85. The molecule has 2 heterocycles. The quantitative estimate of drug-likeness (QED) is 0.299. The number of rotatable bonds is 6. The van der Waals surface area contributed by atoms with E-state index in [1.54, 1.807) is 0 Å². The van der Waals surface area contributed by atoms with Crippen LogP contribution in [0.1, 0.15) is 10.4 Å². The number of thiazole rings is 1. The molecule has 154 valence electrons. The molecule has 0 unspecified atom stereocenters. The maximum atomic E-state index is 12.7. The van der Waals surface area contributed by atoms with E-state index in [2.05, 4.69) is 10.3 Å². The standard InChI is InChI=1S/C20H12N4O5S2/c25-19(13-9-14(23(26)27)11-15(10-13)24(28)29)22-20-21-17(16-7-4-8-30-16)18(31-20)12-5-2-1-3-6-12/h1-11H,(H,21,22,25). The van der Waals surface area contributed by atoms with Crippen LogP contribution >= 0.6 is 22.7 Å². The number of nitrogens with one attached hydrogen (secondary N) is 1. The van der Waals surface area contributed by atoms with E-state index in [1.165, 1.54) is 22.7 Å². The third-order valence-electron chi connectivity index (χ3n) is 4.22. The number of amides is 1. The zero-order valence-electron chi connectivity index (χ0n) is 15.6. The highest BCUT2D eigenvalue weighted by Gasteiger charge is 2.22. The SMILES string of the molecule is O=C(Nc1nc(-c2cccs2)c(-c2ccccc2)s1)c1cc([N+](=O)[O-])cc([N+](=O)[O-])c1. The molecular weight excluding hydrogens is 440 g/mol. The first-order valence-electron chi connectivity index (χ1n) is 8.77. The number of hydrogen-bond donors (Lipinski definition) is 1. The van der Waals surface area contributed by atoms with Gasteiger partial charge in [-0.05, 0) is 17.0 Å². The number of carbonyl (C=O) groups is 1. The first-order chi connectivity index (χ1) is 14.9. The van der Waals surface area contributed by atoms with Gasteiger partial charge in [0.05, 0.1) is 31.2 Å². The summed E-state index contributed by atoms with van der Waals surface area (Å²) in [5, 5.41) is 27.0. The second-order valence-electron chi connectivity index (χ2n) is 6.25. The predicted octanol–water partition coefficient (Wildman–Crippen LogP) is 5.61. The van der Waals surface area contributed by atoms with Gasteiger partial charge >= 0.3 is 0 Å². The van der Waals surface area contributed by atoms with Crippen molar-refractivity contribution in [3.05, 3.63) is 91.8 Å². The van der Waals surface area contributed by atoms with Gasteiger partial charge in [0.1, 0.15) is 5.69 Å². The van der Waals surface area contributed by atoms with Crippen molar-refractivity contribution in [2.24, 2.45) is 0 Å². The summed E-state index contributed by atoms with van der Waals surface area (Å²) in [4.78, 5) is 39.6. The fourth-order valence-corrected chi connectivity index (χ4v) is 4.61. The maximum Gasteiger partial charge on any atom is 0.277 e. The molecule has 0 aliphatic carbocycles. The Morgan fingerprint density at radius 1 is 0.935 bits per heavy atom. The van der Waals surface area contributed by atoms with E-state index in [0.717, 1.165) is 33.5 Å². The van der Waals surface area contributed by atoms with E-state index in [-0.39, 0.29) is 10.7 Å². The normalized spacial score (nSPS) is 10.6. The second-order valence-corrected chi connectivity index (χ2v) is 8.19. The Kier molecular flexibility index (Phi) is 5.52. The molecule has 2 aromatic carbocycles. The zero-order valence-corrected chi connectivity index (χ0v) is 17.2. The molecule has 1 N–H and O–H groups in total. The molecule has 0 fully saturated rings. The number of anilines is 1. The highest BCUT2D eigenvalue weighted by Crippen LogP contribution is 2.40. The van der Waals surface area contributed by atoms with Gasteiger partial charge in [0, 0.05) is 12.1 Å². The van der Waals surface area contributed by atoms with Gasteiger partial charge in [-0.3, -0.25) is 30.3 Å². The third-order valence-corrected chi connectivity index (χ3v) is 6.12. The zero-order chi connectivity index (χ0) is 22.0. The molecule has 1 amide bonds. The van der Waals surface area contributed by atoms with Crippen LogP contribution in [0.5, 0.6) is 0 Å². The van der Waals surface area contributed by atoms with Crippen LogP contribution in [0.2, 0.25) is 0 Å². The lowest BCUT2D eigenvalue weighted by atomic mass is 10.1. The van der Waals surface area contributed by atoms with Gasteiger partial charge in [-0.1, -0.05) is 47.7 Å². The molecule has 0 saturated heterocycles. The Bertz CT molecular complexity index is 1250. The van der Waals surface area contributed by atoms with E-state index in [9.17, 15) is 25.0 Å². The van der Waals surface area contributed by atoms with Gasteiger partial charge in [0.2, 0.25) is 0 Å². The number of benzene rings is 2. The summed E-state index contributed by atoms with van der Waals surface area (Å²) in [7, 11) is 0. The van der Waals surface area contributed by atoms with Gasteiger partial charge < -0.3 is 0 Å². The van der Waals surface area contributed by atoms with Crippen molar-refractivity contribution in [2.45, 2.75) is 0 Å². The van der Waals surface area contributed by atoms with Crippen molar-refractivity contribution in [3.63, 3.8) is 0 Å². The summed E-state index contributed by atoms with van der Waals surface area (Å²) in [6.45, 7) is 0. The summed E-state index contributed by atoms with van der Waals surface area (Å²) in [6.07, 6.45) is 0. The molecule has 0 radical (unpaired) electrons. The number of aromatic nitrogens is 1. The van der Waals surface area contributed by atoms with Crippen molar-refractivity contribution in [1.82, 2.24) is 4.98 Å². The van der Waals surface area contributed by atoms with Crippen LogP contribution in [0.25, 0.3) is 21.0 Å². The summed E-state index contributed by atoms with van der Waals surface area (Å²) in [5.41, 5.74) is 0.349. The lowest BCUT2D eigenvalue weighted by Gasteiger charge is -2.02. The third kappa shape index (κ3) is 4.32. The maximum absolute atomic E-state index is 12.7. The molecule has 0 saturated carbocycles. The molecule has 31 heavy (non-hydrogen) atoms. The number of non-ortho nitro benzene ring substituents is 2. The van der Waals surface area contributed by atoms with Crippen molar-refractivity contribution >= 4 is 45.1 Å². The van der Waals surface area contributed by atoms with E-state index in [1.807, 2.05) is 47.8 Å². The summed E-state index contributed by atoms with van der Waals surface area (Å²) < 4.78 is 0. The van der Waals surface area contributed by atoms with E-state index >= 15 is 0 Å². The van der Waals surface area contributed by atoms with Crippen molar-refractivity contribution < 1.29 is 14.6 Å². The molecular formula is C20H12N4O5S2. The van der Waals surface area contributed by atoms with Crippen LogP contribution in [0.4, 0.5) is 16.5 Å². The lowest BCUT2D eigenvalue weighted by Crippen LogP contribution is -2.12. The minimum absolute atomic E-state index is 0.199. The van der Waals surface area contributed by atoms with Crippen LogP contribution in [0.3, 0.4) is 0 Å². The Labute approximate surface area is 182 Å². The van der Waals surface area contributed by atoms with E-state index < -0.39 is 27.1 Å². The molecule has 0 aliphatic rings. The molecule has 0 bridgehead atoms. The number of hydrogen-bond acceptors (Lipinski definition) is 8. The van der Waals surface area contributed by atoms with E-state index in [4.69, 9.17) is 0 Å². The molecule has 4 rings (SSSR count). The van der Waals surface area contributed by atoms with Crippen LogP contribution in [0, 0.1) is 20.2 Å². The van der Waals surface area contributed by atoms with Crippen LogP contribution < -0.4 is 5.32 Å². The Balaban J connectivity index is 1.71. The molecule has 11 heteroatoms. The smallest absolute Gasteiger partial charge is 0.277 e. The molecule has 4 aromatic rings. The molecule has 0 aliphatic heterocycles. The van der Waals surface area contributed by atoms with Gasteiger partial charge in [0.15, 0.2) is 5.13 Å².